The summed E-state index contributed by atoms with van der Waals surface area (Å²) in [5, 5.41) is 12.5. The zero-order valence-electron chi connectivity index (χ0n) is 27.9. The molecule has 0 radical (unpaired) electrons. The average Bonchev–Trinajstić information content (AvgIpc) is 3.09. The molecule has 5 atom stereocenters. The van der Waals surface area contributed by atoms with Crippen molar-refractivity contribution in [2.24, 2.45) is 5.73 Å². The molecule has 0 aromatic heterocycles. The molecule has 0 saturated carbocycles. The SMILES string of the molecule is [2H]CC(=O)OC[C@H]1OC(OC(=O)C[2H])(C(=O)c2ccc(-c3c(I)cc(I)c(CC)c3I)cc2[N+](=O)[O-])[C@H](N)[C@@H](OC(=O)C[2H])[C@@H]1OC(=O)C[2H]. The zero-order chi connectivity index (χ0) is 37.5. The predicted molar refractivity (Wildman–Crippen MR) is 185 cm³/mol. The van der Waals surface area contributed by atoms with Crippen LogP contribution < -0.4 is 5.73 Å². The van der Waals surface area contributed by atoms with Crippen LogP contribution in [0.1, 0.15) is 55.9 Å². The van der Waals surface area contributed by atoms with E-state index in [-0.39, 0.29) is 0 Å². The number of hydrogen-bond acceptors (Lipinski definition) is 13. The maximum Gasteiger partial charge on any atom is 0.305 e. The highest BCUT2D eigenvalue weighted by atomic mass is 127. The van der Waals surface area contributed by atoms with Crippen molar-refractivity contribution < 1.29 is 58.1 Å². The molecule has 1 fully saturated rings. The summed E-state index contributed by atoms with van der Waals surface area (Å²) in [4.78, 5) is 75.5. The number of nitro groups is 1. The zero-order valence-corrected chi connectivity index (χ0v) is 30.4. The number of esters is 4. The van der Waals surface area contributed by atoms with Gasteiger partial charge >= 0.3 is 23.9 Å². The molecule has 0 bridgehead atoms. The molecule has 2 N–H and O–H groups in total. The molecule has 1 saturated heterocycles. The van der Waals surface area contributed by atoms with Crippen LogP contribution in [0.25, 0.3) is 11.1 Å². The van der Waals surface area contributed by atoms with Crippen LogP contribution in [0.15, 0.2) is 24.3 Å². The molecule has 3 rings (SSSR count). The van der Waals surface area contributed by atoms with Gasteiger partial charge in [-0.1, -0.05) is 13.0 Å². The van der Waals surface area contributed by atoms with E-state index >= 15 is 0 Å². The number of benzene rings is 2. The van der Waals surface area contributed by atoms with Crippen LogP contribution in [-0.4, -0.2) is 71.3 Å². The Morgan fingerprint density at radius 2 is 1.61 bits per heavy atom. The normalized spacial score (nSPS) is 23.5. The highest BCUT2D eigenvalue weighted by Gasteiger charge is 2.63. The molecule has 17 heteroatoms. The summed E-state index contributed by atoms with van der Waals surface area (Å²) in [6, 6.07) is 3.41. The Morgan fingerprint density at radius 3 is 2.20 bits per heavy atom. The topological polar surface area (TPSA) is 201 Å². The van der Waals surface area contributed by atoms with Crippen molar-refractivity contribution in [3.63, 3.8) is 0 Å². The lowest BCUT2D eigenvalue weighted by molar-refractivity contribution is -0.385. The Balaban J connectivity index is 2.31. The number of ether oxygens (including phenoxy) is 5. The van der Waals surface area contributed by atoms with Crippen LogP contribution in [0.2, 0.25) is 0 Å². The second kappa shape index (κ2) is 15.6. The van der Waals surface area contributed by atoms with Gasteiger partial charge in [-0.3, -0.25) is 34.1 Å². The third-order valence-electron chi connectivity index (χ3n) is 6.68. The number of ketones is 1. The van der Waals surface area contributed by atoms with Crippen molar-refractivity contribution >= 4 is 103 Å². The molecule has 0 spiro atoms. The van der Waals surface area contributed by atoms with Gasteiger partial charge in [-0.05, 0) is 97.5 Å². The number of nitrogens with zero attached hydrogens (tertiary/aromatic N) is 1. The van der Waals surface area contributed by atoms with Gasteiger partial charge in [0, 0.05) is 55.4 Å². The first-order chi connectivity index (χ1) is 23.6. The van der Waals surface area contributed by atoms with E-state index in [0.717, 1.165) is 28.4 Å². The third kappa shape index (κ3) is 8.13. The molecule has 1 aliphatic heterocycles. The van der Waals surface area contributed by atoms with E-state index in [0.29, 0.717) is 17.5 Å². The Hall–Kier alpha value is -2.50. The van der Waals surface area contributed by atoms with Gasteiger partial charge in [0.15, 0.2) is 12.2 Å². The number of hydrogen-bond donors (Lipinski definition) is 1. The molecule has 1 heterocycles. The predicted octanol–water partition coefficient (Wildman–Crippen LogP) is 4.23. The molecule has 14 nitrogen and oxygen atoms in total. The summed E-state index contributed by atoms with van der Waals surface area (Å²) < 4.78 is 58.8. The van der Waals surface area contributed by atoms with Crippen molar-refractivity contribution in [2.45, 2.75) is 71.1 Å². The van der Waals surface area contributed by atoms with Gasteiger partial charge in [0.2, 0.25) is 5.78 Å². The molecular weight excluding hydrogens is 949 g/mol. The Morgan fingerprint density at radius 1 is 0.978 bits per heavy atom. The van der Waals surface area contributed by atoms with E-state index in [1.165, 1.54) is 6.07 Å². The minimum Gasteiger partial charge on any atom is -0.463 e. The van der Waals surface area contributed by atoms with Gasteiger partial charge in [0.25, 0.3) is 11.5 Å². The number of nitro benzene ring substituents is 1. The van der Waals surface area contributed by atoms with Crippen LogP contribution in [0, 0.1) is 20.8 Å². The summed E-state index contributed by atoms with van der Waals surface area (Å²) in [5.74, 6) is -9.60. The van der Waals surface area contributed by atoms with Crippen molar-refractivity contribution in [1.29, 1.82) is 0 Å². The van der Waals surface area contributed by atoms with Crippen LogP contribution in [-0.2, 0) is 49.3 Å². The number of rotatable bonds is 10. The first-order valence-electron chi connectivity index (χ1n) is 15.8. The maximum absolute atomic E-state index is 14.6. The Kier molecular flexibility index (Phi) is 10.9. The number of carbonyl (C=O) groups is 5. The summed E-state index contributed by atoms with van der Waals surface area (Å²) in [6.07, 6.45) is -5.05. The number of carbonyl (C=O) groups excluding carboxylic acids is 5. The monoisotopic (exact) mass is 982 g/mol. The van der Waals surface area contributed by atoms with Gasteiger partial charge in [-0.15, -0.1) is 0 Å². The number of Topliss-reactive ketones (excluding diaryl/α,β-unsaturated/α-hetero) is 1. The molecule has 0 aliphatic carbocycles. The lowest BCUT2D eigenvalue weighted by Gasteiger charge is -2.48. The summed E-state index contributed by atoms with van der Waals surface area (Å²) in [6.45, 7) is -2.92. The van der Waals surface area contributed by atoms with E-state index in [2.05, 4.69) is 67.8 Å². The minimum atomic E-state index is -3.14. The van der Waals surface area contributed by atoms with Crippen LogP contribution in [0.3, 0.4) is 0 Å². The number of halogens is 3. The molecular formula is C29H29I3N2O12. The first-order valence-corrected chi connectivity index (χ1v) is 16.2. The van der Waals surface area contributed by atoms with Gasteiger partial charge in [0.1, 0.15) is 24.3 Å². The van der Waals surface area contributed by atoms with Crippen molar-refractivity contribution in [3.8, 4) is 11.1 Å². The average molecular weight is 982 g/mol. The second-order valence-corrected chi connectivity index (χ2v) is 13.0. The van der Waals surface area contributed by atoms with E-state index in [1.807, 2.05) is 13.0 Å². The summed E-state index contributed by atoms with van der Waals surface area (Å²) >= 11 is 6.43. The van der Waals surface area contributed by atoms with Crippen LogP contribution in [0.4, 0.5) is 5.69 Å². The first kappa shape index (κ1) is 32.1. The number of nitrogens with two attached hydrogens (primary N) is 1. The van der Waals surface area contributed by atoms with E-state index in [4.69, 9.17) is 34.9 Å². The van der Waals surface area contributed by atoms with Gasteiger partial charge in [-0.25, -0.2) is 0 Å². The van der Waals surface area contributed by atoms with Crippen LogP contribution in [0.5, 0.6) is 0 Å². The lowest BCUT2D eigenvalue weighted by atomic mass is 9.85. The molecule has 248 valence electrons. The van der Waals surface area contributed by atoms with E-state index in [1.54, 1.807) is 0 Å². The highest BCUT2D eigenvalue weighted by Crippen LogP contribution is 2.41. The molecule has 1 unspecified atom stereocenters. The molecule has 1 aliphatic rings. The van der Waals surface area contributed by atoms with Gasteiger partial charge in [-0.2, -0.15) is 0 Å². The highest BCUT2D eigenvalue weighted by molar-refractivity contribution is 14.1. The van der Waals surface area contributed by atoms with E-state index < -0.39 is 110 Å². The fraction of sp³-hybridized carbons (Fsp3) is 0.414. The smallest absolute Gasteiger partial charge is 0.305 e. The van der Waals surface area contributed by atoms with Crippen molar-refractivity contribution in [3.05, 3.63) is 56.2 Å². The van der Waals surface area contributed by atoms with E-state index in [9.17, 15) is 34.1 Å². The lowest BCUT2D eigenvalue weighted by Crippen LogP contribution is -2.73. The summed E-state index contributed by atoms with van der Waals surface area (Å²) in [7, 11) is 0. The summed E-state index contributed by atoms with van der Waals surface area (Å²) in [5.41, 5.74) is 6.98. The minimum absolute atomic E-state index is 0.365. The molecule has 2 aromatic carbocycles. The Labute approximate surface area is 309 Å². The maximum atomic E-state index is 14.6. The van der Waals surface area contributed by atoms with Crippen LogP contribution >= 0.6 is 67.8 Å². The molecule has 46 heavy (non-hydrogen) atoms. The fourth-order valence-electron chi connectivity index (χ4n) is 4.84. The Bertz CT molecular complexity index is 1690. The van der Waals surface area contributed by atoms with Crippen molar-refractivity contribution in [1.82, 2.24) is 0 Å². The second-order valence-electron chi connectivity index (χ2n) is 9.60. The largest absolute Gasteiger partial charge is 0.463 e. The fourth-order valence-corrected chi connectivity index (χ4v) is 9.60. The molecule has 0 amide bonds. The standard InChI is InChI=1S/C29H29I3N2O12/c1-6-17-19(30)10-20(31)23(24(17)32)16-7-8-18(21(9-16)34(40)41)28(39)29(45-15(5)38)27(33)26(44-14(4)37)25(43-13(3)36)22(46-29)11-42-12(2)35/h7-10,22,25-27H,6,11,33H2,1-5H3/t22-,25-,26+,27-,29?/m1/s1/i2D,3D,4D,5D. The third-order valence-corrected chi connectivity index (χ3v) is 9.69. The quantitative estimate of drug-likeness (QED) is 0.0887. The van der Waals surface area contributed by atoms with Crippen molar-refractivity contribution in [2.75, 3.05) is 6.61 Å². The van der Waals surface area contributed by atoms with Gasteiger partial charge < -0.3 is 29.4 Å². The van der Waals surface area contributed by atoms with Gasteiger partial charge in [0.05, 0.1) is 4.92 Å². The molecule has 2 aromatic rings.